The third kappa shape index (κ3) is 3.82. The highest BCUT2D eigenvalue weighted by Gasteiger charge is 2.14. The third-order valence-electron chi connectivity index (χ3n) is 4.40. The van der Waals surface area contributed by atoms with E-state index < -0.39 is 0 Å². The van der Waals surface area contributed by atoms with Crippen molar-refractivity contribution in [3.63, 3.8) is 0 Å². The molecule has 0 radical (unpaired) electrons. The van der Waals surface area contributed by atoms with Gasteiger partial charge in [-0.3, -0.25) is 9.59 Å². The monoisotopic (exact) mass is 425 g/mol. The number of benzene rings is 2. The Balaban J connectivity index is 1.69. The fourth-order valence-electron chi connectivity index (χ4n) is 2.93. The van der Waals surface area contributed by atoms with E-state index in [0.29, 0.717) is 45.5 Å². The lowest BCUT2D eigenvalue weighted by Crippen LogP contribution is -2.27. The molecule has 0 spiro atoms. The van der Waals surface area contributed by atoms with Gasteiger partial charge in [-0.05, 0) is 30.3 Å². The van der Waals surface area contributed by atoms with E-state index in [1.807, 2.05) is 24.3 Å². The molecule has 0 unspecified atom stereocenters. The molecule has 0 bridgehead atoms. The van der Waals surface area contributed by atoms with E-state index in [0.717, 1.165) is 5.69 Å². The second kappa shape index (κ2) is 8.47. The topological polar surface area (TPSA) is 107 Å². The Bertz CT molecular complexity index is 1280. The van der Waals surface area contributed by atoms with Gasteiger partial charge < -0.3 is 20.1 Å². The molecular formula is C20H19N5O4S. The van der Waals surface area contributed by atoms with Crippen LogP contribution in [-0.4, -0.2) is 47.9 Å². The molecule has 2 N–H and O–H groups in total. The molecule has 2 aromatic heterocycles. The summed E-state index contributed by atoms with van der Waals surface area (Å²) in [5.41, 5.74) is 1.29. The summed E-state index contributed by atoms with van der Waals surface area (Å²) >= 11 is 1.23. The molecule has 10 heteroatoms. The largest absolute Gasteiger partial charge is 0.495 e. The molecule has 154 valence electrons. The summed E-state index contributed by atoms with van der Waals surface area (Å²) in [4.78, 5) is 30.1. The van der Waals surface area contributed by atoms with Crippen molar-refractivity contribution in [1.29, 1.82) is 0 Å². The van der Waals surface area contributed by atoms with Gasteiger partial charge in [-0.15, -0.1) is 5.10 Å². The average Bonchev–Trinajstić information content (AvgIpc) is 3.16. The minimum atomic E-state index is -0.300. The molecule has 0 saturated carbocycles. The van der Waals surface area contributed by atoms with Crippen molar-refractivity contribution < 1.29 is 14.3 Å². The smallest absolute Gasteiger partial charge is 0.283 e. The van der Waals surface area contributed by atoms with E-state index in [-0.39, 0.29) is 11.5 Å². The standard InChI is InChI=1S/C20H19N5O4S/c1-28-10-9-21-17(26)12-7-8-13-15(11-12)23-20-25(18(13)27)24-19(30-20)22-14-5-3-4-6-16(14)29-2/h3-8,11H,9-10H2,1-2H3,(H,21,26)(H,22,24). The molecule has 0 aliphatic carbocycles. The number of fused-ring (bicyclic) bond motifs is 2. The predicted octanol–water partition coefficient (Wildman–Crippen LogP) is 2.43. The van der Waals surface area contributed by atoms with Crippen LogP contribution < -0.4 is 20.9 Å². The van der Waals surface area contributed by atoms with Crippen LogP contribution in [0.25, 0.3) is 15.9 Å². The highest BCUT2D eigenvalue weighted by atomic mass is 32.1. The number of anilines is 2. The van der Waals surface area contributed by atoms with Crippen molar-refractivity contribution >= 4 is 43.9 Å². The van der Waals surface area contributed by atoms with Gasteiger partial charge in [0.15, 0.2) is 0 Å². The molecule has 0 aliphatic rings. The second-order valence-corrected chi connectivity index (χ2v) is 7.28. The van der Waals surface area contributed by atoms with E-state index in [2.05, 4.69) is 20.7 Å². The lowest BCUT2D eigenvalue weighted by molar-refractivity contribution is 0.0937. The predicted molar refractivity (Wildman–Crippen MR) is 115 cm³/mol. The molecule has 30 heavy (non-hydrogen) atoms. The molecule has 1 amide bonds. The number of hydrogen-bond donors (Lipinski definition) is 2. The van der Waals surface area contributed by atoms with Gasteiger partial charge in [0, 0.05) is 19.2 Å². The van der Waals surface area contributed by atoms with E-state index in [4.69, 9.17) is 9.47 Å². The molecule has 2 aromatic carbocycles. The number of nitrogens with one attached hydrogen (secondary N) is 2. The molecule has 4 aromatic rings. The summed E-state index contributed by atoms with van der Waals surface area (Å²) in [6.45, 7) is 0.817. The Kier molecular flexibility index (Phi) is 5.59. The van der Waals surface area contributed by atoms with Gasteiger partial charge in [0.2, 0.25) is 10.1 Å². The molecule has 0 fully saturated rings. The van der Waals surface area contributed by atoms with Crippen LogP contribution >= 0.6 is 11.3 Å². The van der Waals surface area contributed by atoms with Crippen LogP contribution in [0, 0.1) is 0 Å². The van der Waals surface area contributed by atoms with Crippen LogP contribution in [0.1, 0.15) is 10.4 Å². The summed E-state index contributed by atoms with van der Waals surface area (Å²) in [6, 6.07) is 12.2. The van der Waals surface area contributed by atoms with Crippen LogP contribution in [0.15, 0.2) is 47.3 Å². The Labute approximate surface area is 175 Å². The quantitative estimate of drug-likeness (QED) is 0.438. The highest BCUT2D eigenvalue weighted by Crippen LogP contribution is 2.29. The van der Waals surface area contributed by atoms with Gasteiger partial charge in [0.25, 0.3) is 11.5 Å². The van der Waals surface area contributed by atoms with Crippen molar-refractivity contribution in [3.05, 3.63) is 58.4 Å². The Morgan fingerprint density at radius 2 is 2.03 bits per heavy atom. The molecule has 0 saturated heterocycles. The molecule has 9 nitrogen and oxygen atoms in total. The molecule has 2 heterocycles. The van der Waals surface area contributed by atoms with Gasteiger partial charge in [-0.2, -0.15) is 4.52 Å². The first-order valence-electron chi connectivity index (χ1n) is 9.11. The Morgan fingerprint density at radius 3 is 2.83 bits per heavy atom. The maximum Gasteiger partial charge on any atom is 0.283 e. The zero-order chi connectivity index (χ0) is 21.1. The van der Waals surface area contributed by atoms with Crippen molar-refractivity contribution in [3.8, 4) is 5.75 Å². The van der Waals surface area contributed by atoms with Crippen LogP contribution in [0.3, 0.4) is 0 Å². The van der Waals surface area contributed by atoms with Crippen LogP contribution in [-0.2, 0) is 4.74 Å². The minimum absolute atomic E-state index is 0.251. The lowest BCUT2D eigenvalue weighted by atomic mass is 10.1. The third-order valence-corrected chi connectivity index (χ3v) is 5.22. The van der Waals surface area contributed by atoms with Gasteiger partial charge >= 0.3 is 0 Å². The maximum absolute atomic E-state index is 12.9. The summed E-state index contributed by atoms with van der Waals surface area (Å²) in [5.74, 6) is 0.408. The summed E-state index contributed by atoms with van der Waals surface area (Å²) in [7, 11) is 3.15. The number of carbonyl (C=O) groups excluding carboxylic acids is 1. The van der Waals surface area contributed by atoms with Gasteiger partial charge in [0.05, 0.1) is 30.3 Å². The number of ether oxygens (including phenoxy) is 2. The first-order chi connectivity index (χ1) is 14.6. The van der Waals surface area contributed by atoms with Crippen LogP contribution in [0.5, 0.6) is 5.75 Å². The minimum Gasteiger partial charge on any atom is -0.495 e. The Morgan fingerprint density at radius 1 is 1.20 bits per heavy atom. The SMILES string of the molecule is COCCNC(=O)c1ccc2c(=O)n3nc(Nc4ccccc4OC)sc3nc2c1. The van der Waals surface area contributed by atoms with E-state index in [9.17, 15) is 9.59 Å². The lowest BCUT2D eigenvalue weighted by Gasteiger charge is -2.07. The first-order valence-corrected chi connectivity index (χ1v) is 9.93. The number of aromatic nitrogens is 3. The zero-order valence-electron chi connectivity index (χ0n) is 16.3. The molecule has 0 aliphatic heterocycles. The van der Waals surface area contributed by atoms with E-state index >= 15 is 0 Å². The summed E-state index contributed by atoms with van der Waals surface area (Å²) in [6.07, 6.45) is 0. The Hall–Kier alpha value is -3.50. The summed E-state index contributed by atoms with van der Waals surface area (Å²) < 4.78 is 11.5. The second-order valence-electron chi connectivity index (χ2n) is 6.32. The normalized spacial score (nSPS) is 11.0. The first kappa shape index (κ1) is 19.8. The number of methoxy groups -OCH3 is 2. The fourth-order valence-corrected chi connectivity index (χ4v) is 3.74. The van der Waals surface area contributed by atoms with Gasteiger partial charge in [-0.1, -0.05) is 23.5 Å². The number of rotatable bonds is 7. The van der Waals surface area contributed by atoms with Crippen LogP contribution in [0.2, 0.25) is 0 Å². The van der Waals surface area contributed by atoms with E-state index in [1.54, 1.807) is 32.4 Å². The van der Waals surface area contributed by atoms with Crippen molar-refractivity contribution in [1.82, 2.24) is 19.9 Å². The van der Waals surface area contributed by atoms with E-state index in [1.165, 1.54) is 15.9 Å². The molecular weight excluding hydrogens is 406 g/mol. The molecule has 0 atom stereocenters. The van der Waals surface area contributed by atoms with Crippen LogP contribution in [0.4, 0.5) is 10.8 Å². The maximum atomic E-state index is 12.9. The number of hydrogen-bond acceptors (Lipinski definition) is 8. The number of carbonyl (C=O) groups is 1. The number of nitrogens with zero attached hydrogens (tertiary/aromatic N) is 3. The number of amides is 1. The van der Waals surface area contributed by atoms with Gasteiger partial charge in [-0.25, -0.2) is 4.98 Å². The summed E-state index contributed by atoms with van der Waals surface area (Å²) in [5, 5.41) is 11.1. The zero-order valence-corrected chi connectivity index (χ0v) is 17.2. The average molecular weight is 425 g/mol. The molecule has 4 rings (SSSR count). The van der Waals surface area contributed by atoms with Crippen molar-refractivity contribution in [2.75, 3.05) is 32.7 Å². The van der Waals surface area contributed by atoms with Gasteiger partial charge in [0.1, 0.15) is 5.75 Å². The van der Waals surface area contributed by atoms with Crippen molar-refractivity contribution in [2.45, 2.75) is 0 Å². The van der Waals surface area contributed by atoms with Crippen molar-refractivity contribution in [2.24, 2.45) is 0 Å². The highest BCUT2D eigenvalue weighted by molar-refractivity contribution is 7.20. The number of para-hydroxylation sites is 2. The fraction of sp³-hybridized carbons (Fsp3) is 0.200.